The van der Waals surface area contributed by atoms with Crippen molar-refractivity contribution in [2.45, 2.75) is 13.5 Å². The van der Waals surface area contributed by atoms with E-state index in [1.807, 2.05) is 83.4 Å². The molecule has 3 heterocycles. The number of benzene rings is 2. The van der Waals surface area contributed by atoms with Gasteiger partial charge < -0.3 is 21.7 Å². The van der Waals surface area contributed by atoms with Crippen molar-refractivity contribution in [3.8, 4) is 11.4 Å². The van der Waals surface area contributed by atoms with Crippen LogP contribution >= 0.6 is 0 Å². The van der Waals surface area contributed by atoms with Crippen LogP contribution in [0.2, 0.25) is 0 Å². The van der Waals surface area contributed by atoms with Crippen LogP contribution in [0.1, 0.15) is 11.4 Å². The Morgan fingerprint density at radius 1 is 0.914 bits per heavy atom. The SMILES string of the molecule is Cc1nc(N)cc(-c2c(Nc3cccc(NC(=O)NCc4ccccc4)c3)nc3ccccn23)n1. The summed E-state index contributed by atoms with van der Waals surface area (Å²) in [6.07, 6.45) is 1.92. The normalized spacial score (nSPS) is 10.8. The molecular weight excluding hydrogens is 440 g/mol. The molecule has 5 N–H and O–H groups in total. The van der Waals surface area contributed by atoms with E-state index in [4.69, 9.17) is 10.7 Å². The van der Waals surface area contributed by atoms with Crippen LogP contribution in [-0.2, 0) is 6.54 Å². The Labute approximate surface area is 202 Å². The number of pyridine rings is 1. The molecule has 5 rings (SSSR count). The highest BCUT2D eigenvalue weighted by molar-refractivity contribution is 5.90. The van der Waals surface area contributed by atoms with Crippen LogP contribution < -0.4 is 21.7 Å². The number of carbonyl (C=O) groups excluding carboxylic acids is 1. The summed E-state index contributed by atoms with van der Waals surface area (Å²) in [6, 6.07) is 24.4. The van der Waals surface area contributed by atoms with Gasteiger partial charge in [0.25, 0.3) is 0 Å². The predicted molar refractivity (Wildman–Crippen MR) is 137 cm³/mol. The molecule has 174 valence electrons. The first-order valence-corrected chi connectivity index (χ1v) is 11.1. The molecule has 0 aliphatic rings. The molecule has 3 aromatic heterocycles. The molecule has 0 aliphatic heterocycles. The Morgan fingerprint density at radius 3 is 2.54 bits per heavy atom. The van der Waals surface area contributed by atoms with Gasteiger partial charge in [-0.25, -0.2) is 19.7 Å². The van der Waals surface area contributed by atoms with Crippen LogP contribution in [0, 0.1) is 6.92 Å². The van der Waals surface area contributed by atoms with Gasteiger partial charge >= 0.3 is 6.03 Å². The van der Waals surface area contributed by atoms with Gasteiger partial charge in [0.2, 0.25) is 0 Å². The summed E-state index contributed by atoms with van der Waals surface area (Å²) in [5.41, 5.74) is 10.6. The van der Waals surface area contributed by atoms with Crippen LogP contribution in [0.25, 0.3) is 17.0 Å². The van der Waals surface area contributed by atoms with Gasteiger partial charge in [-0.15, -0.1) is 0 Å². The van der Waals surface area contributed by atoms with Gasteiger partial charge in [-0.05, 0) is 42.8 Å². The number of amides is 2. The molecule has 9 heteroatoms. The van der Waals surface area contributed by atoms with Crippen LogP contribution in [-0.4, -0.2) is 25.4 Å². The Balaban J connectivity index is 1.39. The molecule has 0 fully saturated rings. The third-order valence-corrected chi connectivity index (χ3v) is 5.31. The number of aromatic nitrogens is 4. The van der Waals surface area contributed by atoms with Crippen LogP contribution in [0.3, 0.4) is 0 Å². The van der Waals surface area contributed by atoms with Gasteiger partial charge in [0.05, 0.1) is 5.69 Å². The van der Waals surface area contributed by atoms with Crippen molar-refractivity contribution < 1.29 is 4.79 Å². The number of nitrogens with one attached hydrogen (secondary N) is 3. The van der Waals surface area contributed by atoms with E-state index in [1.54, 1.807) is 13.0 Å². The topological polar surface area (TPSA) is 122 Å². The van der Waals surface area contributed by atoms with E-state index in [0.29, 0.717) is 35.4 Å². The van der Waals surface area contributed by atoms with Crippen LogP contribution in [0.15, 0.2) is 85.1 Å². The Bertz CT molecular complexity index is 1480. The molecular formula is C26H24N8O. The second-order valence-electron chi connectivity index (χ2n) is 7.96. The smallest absolute Gasteiger partial charge is 0.319 e. The van der Waals surface area contributed by atoms with Gasteiger partial charge in [-0.2, -0.15) is 0 Å². The number of nitrogens with zero attached hydrogens (tertiary/aromatic N) is 4. The number of anilines is 4. The van der Waals surface area contributed by atoms with Crippen molar-refractivity contribution in [3.63, 3.8) is 0 Å². The predicted octanol–water partition coefficient (Wildman–Crippen LogP) is 4.75. The number of hydrogen-bond acceptors (Lipinski definition) is 6. The van der Waals surface area contributed by atoms with Gasteiger partial charge in [-0.1, -0.05) is 42.5 Å². The molecule has 0 unspecified atom stereocenters. The first-order valence-electron chi connectivity index (χ1n) is 11.1. The van der Waals surface area contributed by atoms with Crippen molar-refractivity contribution in [2.75, 3.05) is 16.4 Å². The van der Waals surface area contributed by atoms with E-state index < -0.39 is 0 Å². The molecule has 0 spiro atoms. The van der Waals surface area contributed by atoms with Crippen LogP contribution in [0.5, 0.6) is 0 Å². The average molecular weight is 465 g/mol. The minimum Gasteiger partial charge on any atom is -0.384 e. The first-order chi connectivity index (χ1) is 17.0. The van der Waals surface area contributed by atoms with Gasteiger partial charge in [0.1, 0.15) is 23.0 Å². The summed E-state index contributed by atoms with van der Waals surface area (Å²) >= 11 is 0. The lowest BCUT2D eigenvalue weighted by atomic mass is 10.2. The maximum atomic E-state index is 12.4. The maximum absolute atomic E-state index is 12.4. The molecule has 5 aromatic rings. The number of imidazole rings is 1. The summed E-state index contributed by atoms with van der Waals surface area (Å²) < 4.78 is 1.95. The summed E-state index contributed by atoms with van der Waals surface area (Å²) in [6.45, 7) is 2.24. The summed E-state index contributed by atoms with van der Waals surface area (Å²) in [5, 5.41) is 9.10. The van der Waals surface area contributed by atoms with E-state index in [1.165, 1.54) is 0 Å². The fourth-order valence-corrected chi connectivity index (χ4v) is 3.80. The number of fused-ring (bicyclic) bond motifs is 1. The van der Waals surface area contributed by atoms with Crippen molar-refractivity contribution in [1.29, 1.82) is 0 Å². The molecule has 2 amide bonds. The first kappa shape index (κ1) is 21.9. The zero-order valence-corrected chi connectivity index (χ0v) is 19.1. The van der Waals surface area contributed by atoms with Gasteiger partial charge in [-0.3, -0.25) is 4.40 Å². The van der Waals surface area contributed by atoms with E-state index in [9.17, 15) is 4.79 Å². The number of nitrogen functional groups attached to an aromatic ring is 1. The zero-order chi connectivity index (χ0) is 24.2. The highest BCUT2D eigenvalue weighted by Crippen LogP contribution is 2.31. The molecule has 9 nitrogen and oxygen atoms in total. The highest BCUT2D eigenvalue weighted by atomic mass is 16.2. The highest BCUT2D eigenvalue weighted by Gasteiger charge is 2.17. The fraction of sp³-hybridized carbons (Fsp3) is 0.0769. The number of aryl methyl sites for hydroxylation is 1. The number of rotatable bonds is 6. The summed E-state index contributed by atoms with van der Waals surface area (Å²) in [5.74, 6) is 1.57. The molecule has 0 atom stereocenters. The van der Waals surface area contributed by atoms with Gasteiger partial charge in [0.15, 0.2) is 5.82 Å². The van der Waals surface area contributed by atoms with Crippen molar-refractivity contribution in [3.05, 3.63) is 96.4 Å². The monoisotopic (exact) mass is 464 g/mol. The number of hydrogen-bond donors (Lipinski definition) is 4. The number of urea groups is 1. The Kier molecular flexibility index (Phi) is 5.96. The zero-order valence-electron chi connectivity index (χ0n) is 19.1. The van der Waals surface area contributed by atoms with E-state index in [0.717, 1.165) is 22.6 Å². The minimum atomic E-state index is -0.286. The maximum Gasteiger partial charge on any atom is 0.319 e. The number of nitrogens with two attached hydrogens (primary N) is 1. The molecule has 2 aromatic carbocycles. The quantitative estimate of drug-likeness (QED) is 0.288. The minimum absolute atomic E-state index is 0.286. The standard InChI is InChI=1S/C26H24N8O/c1-17-29-21(15-22(27)30-17)24-25(33-23-12-5-6-13-34(23)24)31-19-10-7-11-20(14-19)32-26(35)28-16-18-8-3-2-4-9-18/h2-15,31H,16H2,1H3,(H2,27,29,30)(H2,28,32,35). The lowest BCUT2D eigenvalue weighted by molar-refractivity contribution is 0.251. The van der Waals surface area contributed by atoms with E-state index in [-0.39, 0.29) is 6.03 Å². The number of carbonyl (C=O) groups is 1. The summed E-state index contributed by atoms with van der Waals surface area (Å²) in [4.78, 5) is 25.9. The lowest BCUT2D eigenvalue weighted by Gasteiger charge is -2.11. The molecule has 0 bridgehead atoms. The Morgan fingerprint density at radius 2 is 1.71 bits per heavy atom. The second kappa shape index (κ2) is 9.52. The molecule has 0 saturated heterocycles. The van der Waals surface area contributed by atoms with E-state index >= 15 is 0 Å². The molecule has 0 saturated carbocycles. The van der Waals surface area contributed by atoms with E-state index in [2.05, 4.69) is 25.9 Å². The largest absolute Gasteiger partial charge is 0.384 e. The summed E-state index contributed by atoms with van der Waals surface area (Å²) in [7, 11) is 0. The Hall–Kier alpha value is -4.92. The second-order valence-corrected chi connectivity index (χ2v) is 7.96. The lowest BCUT2D eigenvalue weighted by Crippen LogP contribution is -2.28. The molecule has 0 aliphatic carbocycles. The van der Waals surface area contributed by atoms with Crippen molar-refractivity contribution >= 4 is 34.7 Å². The molecule has 35 heavy (non-hydrogen) atoms. The fourth-order valence-electron chi connectivity index (χ4n) is 3.80. The average Bonchev–Trinajstić information content (AvgIpc) is 3.21. The third kappa shape index (κ3) is 5.03. The van der Waals surface area contributed by atoms with Gasteiger partial charge in [0, 0.05) is 30.2 Å². The van der Waals surface area contributed by atoms with Crippen molar-refractivity contribution in [2.24, 2.45) is 0 Å². The molecule has 0 radical (unpaired) electrons. The van der Waals surface area contributed by atoms with Crippen LogP contribution in [0.4, 0.5) is 27.8 Å². The van der Waals surface area contributed by atoms with Crippen molar-refractivity contribution in [1.82, 2.24) is 24.7 Å². The third-order valence-electron chi connectivity index (χ3n) is 5.31.